The van der Waals surface area contributed by atoms with Crippen LogP contribution in [0.1, 0.15) is 12.5 Å². The lowest BCUT2D eigenvalue weighted by atomic mass is 10.0. The van der Waals surface area contributed by atoms with Gasteiger partial charge in [0.25, 0.3) is 5.97 Å². The van der Waals surface area contributed by atoms with Gasteiger partial charge in [0, 0.05) is 12.3 Å². The van der Waals surface area contributed by atoms with Crippen molar-refractivity contribution in [3.8, 4) is 0 Å². The molecule has 0 aliphatic carbocycles. The fourth-order valence-corrected chi connectivity index (χ4v) is 1.70. The summed E-state index contributed by atoms with van der Waals surface area (Å²) in [5.41, 5.74) is 6.61. The quantitative estimate of drug-likeness (QED) is 0.859. The summed E-state index contributed by atoms with van der Waals surface area (Å²) in [5, 5.41) is 9.07. The maximum atomic E-state index is 13.4. The van der Waals surface area contributed by atoms with Crippen molar-refractivity contribution in [1.29, 1.82) is 0 Å². The van der Waals surface area contributed by atoms with E-state index in [0.717, 1.165) is 24.3 Å². The summed E-state index contributed by atoms with van der Waals surface area (Å²) >= 11 is 0. The molecule has 2 rings (SSSR count). The Labute approximate surface area is 105 Å². The number of carboxylic acid groups (broad SMARTS) is 1. The Morgan fingerprint density at radius 1 is 1.22 bits per heavy atom. The van der Waals surface area contributed by atoms with Gasteiger partial charge in [0.15, 0.2) is 0 Å². The van der Waals surface area contributed by atoms with Crippen molar-refractivity contribution < 1.29 is 14.3 Å². The van der Waals surface area contributed by atoms with E-state index in [9.17, 15) is 4.39 Å². The first-order chi connectivity index (χ1) is 8.56. The molecule has 0 saturated carbocycles. The van der Waals surface area contributed by atoms with E-state index in [1.54, 1.807) is 6.07 Å². The van der Waals surface area contributed by atoms with Crippen LogP contribution in [0.4, 0.5) is 4.39 Å². The summed E-state index contributed by atoms with van der Waals surface area (Å²) < 4.78 is 13.4. The molecule has 0 saturated heterocycles. The van der Waals surface area contributed by atoms with E-state index in [2.05, 4.69) is 0 Å². The number of hydrogen-bond acceptors (Lipinski definition) is 2. The monoisotopic (exact) mass is 249 g/mol. The normalized spacial score (nSPS) is 9.72. The Morgan fingerprint density at radius 2 is 1.78 bits per heavy atom. The third kappa shape index (κ3) is 3.82. The average molecular weight is 249 g/mol. The minimum Gasteiger partial charge on any atom is -0.481 e. The minimum atomic E-state index is -0.833. The summed E-state index contributed by atoms with van der Waals surface area (Å²) in [6, 6.07) is 10.8. The van der Waals surface area contributed by atoms with Crippen LogP contribution in [0.25, 0.3) is 10.8 Å². The molecule has 0 unspecified atom stereocenters. The highest BCUT2D eigenvalue weighted by Gasteiger charge is 2.03. The van der Waals surface area contributed by atoms with Gasteiger partial charge in [0.2, 0.25) is 0 Å². The van der Waals surface area contributed by atoms with Gasteiger partial charge in [-0.3, -0.25) is 4.79 Å². The number of carbonyl (C=O) groups is 1. The predicted octanol–water partition coefficient (Wildman–Crippen LogP) is 2.57. The molecule has 2 aromatic rings. The highest BCUT2D eigenvalue weighted by atomic mass is 19.1. The van der Waals surface area contributed by atoms with Crippen LogP contribution >= 0.6 is 0 Å². The molecule has 0 aliphatic rings. The van der Waals surface area contributed by atoms with Gasteiger partial charge in [-0.05, 0) is 30.0 Å². The Hall–Kier alpha value is -1.94. The van der Waals surface area contributed by atoms with Gasteiger partial charge in [-0.2, -0.15) is 0 Å². The number of carboxylic acids is 1. The molecular formula is C14H16FNO2. The second-order valence-corrected chi connectivity index (χ2v) is 3.81. The first-order valence-electron chi connectivity index (χ1n) is 5.62. The lowest BCUT2D eigenvalue weighted by molar-refractivity contribution is -0.134. The van der Waals surface area contributed by atoms with Crippen molar-refractivity contribution in [3.05, 3.63) is 47.8 Å². The molecule has 18 heavy (non-hydrogen) atoms. The number of benzene rings is 2. The molecule has 0 fully saturated rings. The van der Waals surface area contributed by atoms with Crippen LogP contribution < -0.4 is 5.73 Å². The third-order valence-electron chi connectivity index (χ3n) is 2.37. The molecule has 0 spiro atoms. The molecule has 0 aromatic heterocycles. The van der Waals surface area contributed by atoms with E-state index in [4.69, 9.17) is 15.6 Å². The molecule has 0 aliphatic heterocycles. The minimum absolute atomic E-state index is 0.165. The van der Waals surface area contributed by atoms with Crippen LogP contribution in [0.5, 0.6) is 0 Å². The Bertz CT molecular complexity index is 536. The van der Waals surface area contributed by atoms with Crippen molar-refractivity contribution in [2.45, 2.75) is 13.3 Å². The highest BCUT2D eigenvalue weighted by Crippen LogP contribution is 2.21. The fourth-order valence-electron chi connectivity index (χ4n) is 1.70. The summed E-state index contributed by atoms with van der Waals surface area (Å²) in [7, 11) is 0. The number of aliphatic carboxylic acids is 1. The molecule has 3 nitrogen and oxygen atoms in total. The lowest BCUT2D eigenvalue weighted by Gasteiger charge is -2.05. The Morgan fingerprint density at radius 3 is 2.33 bits per heavy atom. The molecule has 2 aromatic carbocycles. The van der Waals surface area contributed by atoms with Crippen LogP contribution in [-0.2, 0) is 11.2 Å². The van der Waals surface area contributed by atoms with E-state index in [0.29, 0.717) is 11.9 Å². The molecule has 96 valence electrons. The summed E-state index contributed by atoms with van der Waals surface area (Å²) in [6.07, 6.45) is 0.792. The van der Waals surface area contributed by atoms with Crippen molar-refractivity contribution in [3.63, 3.8) is 0 Å². The molecule has 3 N–H and O–H groups in total. The van der Waals surface area contributed by atoms with Gasteiger partial charge >= 0.3 is 0 Å². The summed E-state index contributed by atoms with van der Waals surface area (Å²) in [6.45, 7) is 1.68. The molecule has 0 radical (unpaired) electrons. The number of nitrogens with two attached hydrogens (primary N) is 1. The van der Waals surface area contributed by atoms with Gasteiger partial charge in [0.05, 0.1) is 0 Å². The van der Waals surface area contributed by atoms with Crippen LogP contribution in [0.2, 0.25) is 0 Å². The molecule has 0 atom stereocenters. The fraction of sp³-hybridized carbons (Fsp3) is 0.214. The maximum absolute atomic E-state index is 13.4. The van der Waals surface area contributed by atoms with Crippen LogP contribution in [0, 0.1) is 5.82 Å². The van der Waals surface area contributed by atoms with Crippen molar-refractivity contribution >= 4 is 16.7 Å². The molecule has 0 bridgehead atoms. The van der Waals surface area contributed by atoms with Crippen molar-refractivity contribution in [2.24, 2.45) is 5.73 Å². The Kier molecular flexibility index (Phi) is 5.27. The van der Waals surface area contributed by atoms with E-state index >= 15 is 0 Å². The van der Waals surface area contributed by atoms with Gasteiger partial charge < -0.3 is 10.8 Å². The summed E-state index contributed by atoms with van der Waals surface area (Å²) in [5.74, 6) is -0.999. The second kappa shape index (κ2) is 6.71. The zero-order chi connectivity index (χ0) is 13.5. The van der Waals surface area contributed by atoms with E-state index in [-0.39, 0.29) is 5.82 Å². The first kappa shape index (κ1) is 14.1. The zero-order valence-electron chi connectivity index (χ0n) is 10.2. The third-order valence-corrected chi connectivity index (χ3v) is 2.37. The van der Waals surface area contributed by atoms with E-state index in [1.165, 1.54) is 6.07 Å². The lowest BCUT2D eigenvalue weighted by Crippen LogP contribution is -2.03. The number of rotatable bonds is 2. The van der Waals surface area contributed by atoms with Gasteiger partial charge in [-0.25, -0.2) is 4.39 Å². The topological polar surface area (TPSA) is 63.3 Å². The molecule has 4 heteroatoms. The highest BCUT2D eigenvalue weighted by molar-refractivity contribution is 5.86. The van der Waals surface area contributed by atoms with Crippen molar-refractivity contribution in [1.82, 2.24) is 0 Å². The smallest absolute Gasteiger partial charge is 0.300 e. The first-order valence-corrected chi connectivity index (χ1v) is 5.62. The van der Waals surface area contributed by atoms with E-state index in [1.807, 2.05) is 24.3 Å². The van der Waals surface area contributed by atoms with E-state index < -0.39 is 5.97 Å². The molecule has 0 heterocycles. The largest absolute Gasteiger partial charge is 0.481 e. The number of fused-ring (bicyclic) bond motifs is 1. The summed E-state index contributed by atoms with van der Waals surface area (Å²) in [4.78, 5) is 9.00. The predicted molar refractivity (Wildman–Crippen MR) is 70.0 cm³/mol. The molecular weight excluding hydrogens is 233 g/mol. The second-order valence-electron chi connectivity index (χ2n) is 3.81. The Balaban J connectivity index is 0.000000357. The van der Waals surface area contributed by atoms with Crippen LogP contribution in [0.15, 0.2) is 36.4 Å². The molecule has 0 amide bonds. The SMILES string of the molecule is CC(=O)O.NCCc1ccc(F)c2ccccc12. The van der Waals surface area contributed by atoms with Crippen LogP contribution in [0.3, 0.4) is 0 Å². The van der Waals surface area contributed by atoms with Gasteiger partial charge in [-0.15, -0.1) is 0 Å². The zero-order valence-corrected chi connectivity index (χ0v) is 10.2. The maximum Gasteiger partial charge on any atom is 0.300 e. The van der Waals surface area contributed by atoms with Crippen molar-refractivity contribution in [2.75, 3.05) is 6.54 Å². The van der Waals surface area contributed by atoms with Crippen LogP contribution in [-0.4, -0.2) is 17.6 Å². The van der Waals surface area contributed by atoms with Gasteiger partial charge in [0.1, 0.15) is 5.82 Å². The average Bonchev–Trinajstić information content (AvgIpc) is 2.33. The van der Waals surface area contributed by atoms with Gasteiger partial charge in [-0.1, -0.05) is 30.3 Å². The standard InChI is InChI=1S/C12H12FN.C2H4O2/c13-12-6-5-9(7-8-14)10-3-1-2-4-11(10)12;1-2(3)4/h1-6H,7-8,14H2;1H3,(H,3,4). The number of hydrogen-bond donors (Lipinski definition) is 2. The number of halogens is 1.